The van der Waals surface area contributed by atoms with Crippen LogP contribution in [0.5, 0.6) is 0 Å². The molecule has 1 aliphatic rings. The zero-order valence-electron chi connectivity index (χ0n) is 13.7. The number of carbonyl (C=O) groups is 1. The quantitative estimate of drug-likeness (QED) is 0.671. The van der Waals surface area contributed by atoms with Crippen molar-refractivity contribution >= 4 is 5.97 Å². The second kappa shape index (κ2) is 6.47. The maximum atomic E-state index is 12.8. The predicted molar refractivity (Wildman–Crippen MR) is 90.9 cm³/mol. The first-order chi connectivity index (χ1) is 12.3. The van der Waals surface area contributed by atoms with Crippen LogP contribution in [0.2, 0.25) is 0 Å². The molecular formula is C19H18N4O2. The van der Waals surface area contributed by atoms with E-state index in [4.69, 9.17) is 4.74 Å². The Morgan fingerprint density at radius 1 is 1.04 bits per heavy atom. The average Bonchev–Trinajstić information content (AvgIpc) is 3.09. The molecule has 6 heteroatoms. The van der Waals surface area contributed by atoms with Gasteiger partial charge in [-0.3, -0.25) is 4.79 Å². The van der Waals surface area contributed by atoms with Gasteiger partial charge in [0.1, 0.15) is 0 Å². The molecule has 0 saturated heterocycles. The molecule has 126 valence electrons. The zero-order valence-corrected chi connectivity index (χ0v) is 13.7. The molecule has 2 aromatic carbocycles. The van der Waals surface area contributed by atoms with Crippen molar-refractivity contribution in [1.29, 1.82) is 0 Å². The van der Waals surface area contributed by atoms with Crippen LogP contribution in [0.4, 0.5) is 0 Å². The van der Waals surface area contributed by atoms with Gasteiger partial charge in [-0.05, 0) is 41.0 Å². The number of nitrogens with zero attached hydrogens (tertiary/aromatic N) is 4. The van der Waals surface area contributed by atoms with Crippen molar-refractivity contribution in [3.63, 3.8) is 0 Å². The van der Waals surface area contributed by atoms with E-state index < -0.39 is 5.41 Å². The highest BCUT2D eigenvalue weighted by Crippen LogP contribution is 2.44. The fraction of sp³-hybridized carbons (Fsp3) is 0.263. The largest absolute Gasteiger partial charge is 0.457 e. The summed E-state index contributed by atoms with van der Waals surface area (Å²) in [6.45, 7) is 0.0509. The minimum Gasteiger partial charge on any atom is -0.457 e. The van der Waals surface area contributed by atoms with E-state index in [0.717, 1.165) is 30.5 Å². The highest BCUT2D eigenvalue weighted by Gasteiger charge is 2.47. The number of hydrogen-bond donors (Lipinski definition) is 0. The number of rotatable bonds is 5. The summed E-state index contributed by atoms with van der Waals surface area (Å²) in [6.07, 6.45) is 2.67. The third kappa shape index (κ3) is 2.80. The van der Waals surface area contributed by atoms with Gasteiger partial charge in [0.15, 0.2) is 12.4 Å². The van der Waals surface area contributed by atoms with E-state index in [0.29, 0.717) is 5.82 Å². The maximum Gasteiger partial charge on any atom is 0.317 e. The minimum atomic E-state index is -0.522. The Balaban J connectivity index is 1.51. The summed E-state index contributed by atoms with van der Waals surface area (Å²) >= 11 is 0. The molecule has 3 aromatic rings. The summed E-state index contributed by atoms with van der Waals surface area (Å²) in [5.74, 6) is 0.301. The zero-order chi connectivity index (χ0) is 17.1. The van der Waals surface area contributed by atoms with Gasteiger partial charge < -0.3 is 4.74 Å². The molecular weight excluding hydrogens is 316 g/mol. The Morgan fingerprint density at radius 3 is 2.36 bits per heavy atom. The van der Waals surface area contributed by atoms with Crippen molar-refractivity contribution < 1.29 is 9.53 Å². The van der Waals surface area contributed by atoms with E-state index in [1.807, 2.05) is 60.7 Å². The van der Waals surface area contributed by atoms with Crippen molar-refractivity contribution in [1.82, 2.24) is 20.2 Å². The summed E-state index contributed by atoms with van der Waals surface area (Å²) in [5.41, 5.74) is 1.33. The van der Waals surface area contributed by atoms with Crippen molar-refractivity contribution in [3.05, 3.63) is 72.1 Å². The molecule has 0 spiro atoms. The first-order valence-corrected chi connectivity index (χ1v) is 8.35. The monoisotopic (exact) mass is 334 g/mol. The predicted octanol–water partition coefficient (Wildman–Crippen LogP) is 2.83. The Morgan fingerprint density at radius 2 is 1.72 bits per heavy atom. The molecule has 1 heterocycles. The van der Waals surface area contributed by atoms with E-state index in [1.54, 1.807) is 4.68 Å². The van der Waals surface area contributed by atoms with Gasteiger partial charge in [0.25, 0.3) is 0 Å². The average molecular weight is 334 g/mol. The molecule has 4 rings (SSSR count). The van der Waals surface area contributed by atoms with Gasteiger partial charge in [0, 0.05) is 0 Å². The van der Waals surface area contributed by atoms with Crippen molar-refractivity contribution in [3.8, 4) is 5.69 Å². The number of hydrogen-bond acceptors (Lipinski definition) is 5. The first kappa shape index (κ1) is 15.5. The lowest BCUT2D eigenvalue weighted by atomic mass is 9.64. The first-order valence-electron chi connectivity index (χ1n) is 8.35. The van der Waals surface area contributed by atoms with Gasteiger partial charge in [-0.2, -0.15) is 4.68 Å². The van der Waals surface area contributed by atoms with Crippen molar-refractivity contribution in [2.24, 2.45) is 0 Å². The molecule has 0 bridgehead atoms. The van der Waals surface area contributed by atoms with E-state index in [-0.39, 0.29) is 12.6 Å². The molecule has 0 unspecified atom stereocenters. The van der Waals surface area contributed by atoms with Crippen molar-refractivity contribution in [2.45, 2.75) is 31.3 Å². The highest BCUT2D eigenvalue weighted by molar-refractivity contribution is 5.84. The highest BCUT2D eigenvalue weighted by atomic mass is 16.5. The van der Waals surface area contributed by atoms with Crippen LogP contribution < -0.4 is 0 Å². The van der Waals surface area contributed by atoms with E-state index in [2.05, 4.69) is 15.5 Å². The molecule has 0 atom stereocenters. The number of ether oxygens (including phenoxy) is 1. The van der Waals surface area contributed by atoms with Crippen LogP contribution in [0, 0.1) is 0 Å². The number of para-hydroxylation sites is 1. The molecule has 1 saturated carbocycles. The summed E-state index contributed by atoms with van der Waals surface area (Å²) < 4.78 is 7.19. The topological polar surface area (TPSA) is 69.9 Å². The Kier molecular flexibility index (Phi) is 4.01. The van der Waals surface area contributed by atoms with Crippen LogP contribution in [-0.4, -0.2) is 26.2 Å². The molecule has 1 aromatic heterocycles. The van der Waals surface area contributed by atoms with Crippen LogP contribution in [-0.2, 0) is 21.6 Å². The smallest absolute Gasteiger partial charge is 0.317 e. The maximum absolute atomic E-state index is 12.8. The molecule has 25 heavy (non-hydrogen) atoms. The lowest BCUT2D eigenvalue weighted by molar-refractivity contribution is -0.156. The van der Waals surface area contributed by atoms with Crippen molar-refractivity contribution in [2.75, 3.05) is 0 Å². The van der Waals surface area contributed by atoms with Gasteiger partial charge in [0.05, 0.1) is 11.1 Å². The standard InChI is InChI=1S/C19H18N4O2/c24-18(19(12-7-13-19)15-8-3-1-4-9-15)25-14-17-20-21-22-23(17)16-10-5-2-6-11-16/h1-6,8-11H,7,12-14H2. The lowest BCUT2D eigenvalue weighted by Gasteiger charge is -2.39. The SMILES string of the molecule is O=C(OCc1nnnn1-c1ccccc1)C1(c2ccccc2)CCC1. The van der Waals surface area contributed by atoms with E-state index in [1.165, 1.54) is 0 Å². The lowest BCUT2D eigenvalue weighted by Crippen LogP contribution is -2.43. The fourth-order valence-electron chi connectivity index (χ4n) is 3.23. The van der Waals surface area contributed by atoms with Gasteiger partial charge in [-0.25, -0.2) is 0 Å². The summed E-state index contributed by atoms with van der Waals surface area (Å²) in [5, 5.41) is 11.7. The van der Waals surface area contributed by atoms with E-state index in [9.17, 15) is 4.79 Å². The number of esters is 1. The van der Waals surface area contributed by atoms with Gasteiger partial charge in [-0.1, -0.05) is 55.0 Å². The van der Waals surface area contributed by atoms with Crippen LogP contribution in [0.25, 0.3) is 5.69 Å². The normalized spacial score (nSPS) is 15.4. The molecule has 0 amide bonds. The number of tetrazole rings is 1. The second-order valence-corrected chi connectivity index (χ2v) is 6.22. The number of aromatic nitrogens is 4. The third-order valence-corrected chi connectivity index (χ3v) is 4.79. The minimum absolute atomic E-state index is 0.0509. The molecule has 1 aliphatic carbocycles. The van der Waals surface area contributed by atoms with Crippen LogP contribution in [0.1, 0.15) is 30.7 Å². The fourth-order valence-corrected chi connectivity index (χ4v) is 3.23. The Labute approximate surface area is 145 Å². The van der Waals surface area contributed by atoms with Crippen LogP contribution in [0.3, 0.4) is 0 Å². The summed E-state index contributed by atoms with van der Waals surface area (Å²) in [6, 6.07) is 19.4. The van der Waals surface area contributed by atoms with Crippen LogP contribution >= 0.6 is 0 Å². The van der Waals surface area contributed by atoms with E-state index >= 15 is 0 Å². The molecule has 0 radical (unpaired) electrons. The molecule has 0 aliphatic heterocycles. The van der Waals surface area contributed by atoms with Gasteiger partial charge in [0.2, 0.25) is 0 Å². The number of benzene rings is 2. The Bertz CT molecular complexity index is 857. The summed E-state index contributed by atoms with van der Waals surface area (Å²) in [4.78, 5) is 12.8. The van der Waals surface area contributed by atoms with Gasteiger partial charge >= 0.3 is 5.97 Å². The van der Waals surface area contributed by atoms with Crippen LogP contribution in [0.15, 0.2) is 60.7 Å². The number of carbonyl (C=O) groups excluding carboxylic acids is 1. The molecule has 0 N–H and O–H groups in total. The third-order valence-electron chi connectivity index (χ3n) is 4.79. The second-order valence-electron chi connectivity index (χ2n) is 6.22. The van der Waals surface area contributed by atoms with Gasteiger partial charge in [-0.15, -0.1) is 5.10 Å². The molecule has 6 nitrogen and oxygen atoms in total. The molecule has 1 fully saturated rings. The Hall–Kier alpha value is -3.02. The summed E-state index contributed by atoms with van der Waals surface area (Å²) in [7, 11) is 0.